The Balaban J connectivity index is 1.97. The number of nitrogens with one attached hydrogen (secondary N) is 2. The van der Waals surface area contributed by atoms with Crippen molar-refractivity contribution in [3.05, 3.63) is 58.2 Å². The molecule has 2 aromatic carbocycles. The van der Waals surface area contributed by atoms with Gasteiger partial charge < -0.3 is 15.0 Å². The lowest BCUT2D eigenvalue weighted by Crippen LogP contribution is -2.12. The van der Waals surface area contributed by atoms with Crippen LogP contribution in [0.2, 0.25) is 10.0 Å². The summed E-state index contributed by atoms with van der Waals surface area (Å²) in [6, 6.07) is 10.4. The molecule has 2 N–H and O–H groups in total. The zero-order valence-corrected chi connectivity index (χ0v) is 13.1. The molecular weight excluding hydrogens is 323 g/mol. The van der Waals surface area contributed by atoms with Crippen LogP contribution in [0.15, 0.2) is 42.6 Å². The number of carbonyl (C=O) groups is 1. The van der Waals surface area contributed by atoms with Crippen molar-refractivity contribution >= 4 is 45.7 Å². The van der Waals surface area contributed by atoms with Crippen molar-refractivity contribution in [2.75, 3.05) is 12.4 Å². The van der Waals surface area contributed by atoms with E-state index in [1.807, 2.05) is 6.07 Å². The second-order valence-corrected chi connectivity index (χ2v) is 5.56. The first-order valence-electron chi connectivity index (χ1n) is 6.50. The molecule has 0 atom stereocenters. The first-order valence-corrected chi connectivity index (χ1v) is 7.25. The number of rotatable bonds is 3. The van der Waals surface area contributed by atoms with E-state index >= 15 is 0 Å². The van der Waals surface area contributed by atoms with Crippen LogP contribution in [0.5, 0.6) is 5.75 Å². The third-order valence-electron chi connectivity index (χ3n) is 3.30. The number of H-pyrrole nitrogens is 1. The summed E-state index contributed by atoms with van der Waals surface area (Å²) >= 11 is 12.0. The molecule has 112 valence electrons. The highest BCUT2D eigenvalue weighted by Crippen LogP contribution is 2.29. The maximum atomic E-state index is 12.5. The summed E-state index contributed by atoms with van der Waals surface area (Å²) in [5, 5.41) is 4.64. The summed E-state index contributed by atoms with van der Waals surface area (Å²) in [5.74, 6) is 0.268. The Hall–Kier alpha value is -2.17. The number of ether oxygens (including phenoxy) is 1. The maximum Gasteiger partial charge on any atom is 0.257 e. The minimum absolute atomic E-state index is 0.269. The average Bonchev–Trinajstić information content (AvgIpc) is 2.90. The third-order valence-corrected chi connectivity index (χ3v) is 3.77. The number of hydrogen-bond donors (Lipinski definition) is 2. The lowest BCUT2D eigenvalue weighted by atomic mass is 10.1. The number of aromatic nitrogens is 1. The van der Waals surface area contributed by atoms with E-state index in [0.717, 1.165) is 10.9 Å². The van der Waals surface area contributed by atoms with Gasteiger partial charge in [-0.2, -0.15) is 0 Å². The van der Waals surface area contributed by atoms with Crippen LogP contribution in [0, 0.1) is 0 Å². The molecule has 0 aliphatic carbocycles. The number of anilines is 1. The van der Waals surface area contributed by atoms with E-state index in [-0.39, 0.29) is 5.91 Å². The Labute approximate surface area is 137 Å². The van der Waals surface area contributed by atoms with Gasteiger partial charge in [0.1, 0.15) is 5.75 Å². The smallest absolute Gasteiger partial charge is 0.257 e. The lowest BCUT2D eigenvalue weighted by molar-refractivity contribution is 0.102. The molecule has 3 aromatic rings. The molecule has 0 spiro atoms. The Kier molecular flexibility index (Phi) is 3.96. The van der Waals surface area contributed by atoms with Crippen LogP contribution in [-0.4, -0.2) is 18.0 Å². The third kappa shape index (κ3) is 2.75. The molecule has 0 unspecified atom stereocenters. The molecule has 22 heavy (non-hydrogen) atoms. The van der Waals surface area contributed by atoms with Gasteiger partial charge in [-0.3, -0.25) is 4.79 Å². The van der Waals surface area contributed by atoms with Crippen molar-refractivity contribution in [2.45, 2.75) is 0 Å². The molecule has 0 saturated heterocycles. The van der Waals surface area contributed by atoms with Crippen molar-refractivity contribution in [3.63, 3.8) is 0 Å². The van der Waals surface area contributed by atoms with E-state index in [0.29, 0.717) is 27.0 Å². The van der Waals surface area contributed by atoms with Crippen molar-refractivity contribution in [1.29, 1.82) is 0 Å². The van der Waals surface area contributed by atoms with Gasteiger partial charge in [-0.25, -0.2) is 0 Å². The molecule has 0 aliphatic heterocycles. The number of methoxy groups -OCH3 is 1. The van der Waals surface area contributed by atoms with Gasteiger partial charge >= 0.3 is 0 Å². The van der Waals surface area contributed by atoms with Crippen LogP contribution in [0.3, 0.4) is 0 Å². The minimum Gasteiger partial charge on any atom is -0.495 e. The zero-order chi connectivity index (χ0) is 15.7. The number of hydrogen-bond acceptors (Lipinski definition) is 2. The molecule has 0 radical (unpaired) electrons. The largest absolute Gasteiger partial charge is 0.495 e. The first-order chi connectivity index (χ1) is 10.6. The summed E-state index contributed by atoms with van der Waals surface area (Å²) in [7, 11) is 1.53. The molecule has 1 aromatic heterocycles. The zero-order valence-electron chi connectivity index (χ0n) is 11.6. The number of aromatic amines is 1. The first kappa shape index (κ1) is 14.8. The molecule has 0 aliphatic rings. The fourth-order valence-electron chi connectivity index (χ4n) is 2.25. The second kappa shape index (κ2) is 5.91. The van der Waals surface area contributed by atoms with Gasteiger partial charge in [-0.15, -0.1) is 0 Å². The van der Waals surface area contributed by atoms with Gasteiger partial charge in [0, 0.05) is 27.1 Å². The van der Waals surface area contributed by atoms with Gasteiger partial charge in [0.2, 0.25) is 0 Å². The standard InChI is InChI=1S/C16H12Cl2N2O2/c1-22-15-5-3-10(18)7-14(15)20-16(21)12-8-19-13-4-2-9(17)6-11(12)13/h2-8,19H,1H3,(H,20,21). The highest BCUT2D eigenvalue weighted by Gasteiger charge is 2.14. The number of amides is 1. The fraction of sp³-hybridized carbons (Fsp3) is 0.0625. The monoisotopic (exact) mass is 334 g/mol. The SMILES string of the molecule is COc1ccc(Cl)cc1NC(=O)c1c[nH]c2ccc(Cl)cc12. The molecule has 0 bridgehead atoms. The fourth-order valence-corrected chi connectivity index (χ4v) is 2.59. The van der Waals surface area contributed by atoms with Gasteiger partial charge in [-0.1, -0.05) is 23.2 Å². The Morgan fingerprint density at radius 1 is 1.14 bits per heavy atom. The summed E-state index contributed by atoms with van der Waals surface area (Å²) < 4.78 is 5.22. The minimum atomic E-state index is -0.269. The Morgan fingerprint density at radius 3 is 2.64 bits per heavy atom. The summed E-state index contributed by atoms with van der Waals surface area (Å²) in [4.78, 5) is 15.6. The quantitative estimate of drug-likeness (QED) is 0.727. The van der Waals surface area contributed by atoms with E-state index < -0.39 is 0 Å². The summed E-state index contributed by atoms with van der Waals surface area (Å²) in [5.41, 5.74) is 1.85. The molecule has 6 heteroatoms. The van der Waals surface area contributed by atoms with Gasteiger partial charge in [0.25, 0.3) is 5.91 Å². The molecule has 1 amide bonds. The normalized spacial score (nSPS) is 10.7. The van der Waals surface area contributed by atoms with E-state index in [2.05, 4.69) is 10.3 Å². The van der Waals surface area contributed by atoms with Crippen molar-refractivity contribution in [3.8, 4) is 5.75 Å². The van der Waals surface area contributed by atoms with Crippen LogP contribution in [0.1, 0.15) is 10.4 Å². The molecule has 3 rings (SSSR count). The predicted octanol–water partition coefficient (Wildman–Crippen LogP) is 4.74. The van der Waals surface area contributed by atoms with Gasteiger partial charge in [-0.05, 0) is 36.4 Å². The number of benzene rings is 2. The lowest BCUT2D eigenvalue weighted by Gasteiger charge is -2.10. The summed E-state index contributed by atoms with van der Waals surface area (Å²) in [6.45, 7) is 0. The number of fused-ring (bicyclic) bond motifs is 1. The van der Waals surface area contributed by atoms with Crippen LogP contribution < -0.4 is 10.1 Å². The topological polar surface area (TPSA) is 54.1 Å². The Morgan fingerprint density at radius 2 is 1.86 bits per heavy atom. The molecule has 0 saturated carbocycles. The maximum absolute atomic E-state index is 12.5. The molecule has 4 nitrogen and oxygen atoms in total. The van der Waals surface area contributed by atoms with Crippen molar-refractivity contribution in [1.82, 2.24) is 4.98 Å². The predicted molar refractivity (Wildman–Crippen MR) is 89.3 cm³/mol. The van der Waals surface area contributed by atoms with Crippen LogP contribution in [-0.2, 0) is 0 Å². The van der Waals surface area contributed by atoms with Crippen LogP contribution in [0.4, 0.5) is 5.69 Å². The van der Waals surface area contributed by atoms with E-state index in [9.17, 15) is 4.79 Å². The van der Waals surface area contributed by atoms with E-state index in [1.54, 1.807) is 36.5 Å². The van der Waals surface area contributed by atoms with Crippen LogP contribution in [0.25, 0.3) is 10.9 Å². The number of carbonyl (C=O) groups excluding carboxylic acids is 1. The van der Waals surface area contributed by atoms with Gasteiger partial charge in [0.05, 0.1) is 18.4 Å². The van der Waals surface area contributed by atoms with Crippen LogP contribution >= 0.6 is 23.2 Å². The second-order valence-electron chi connectivity index (χ2n) is 4.69. The highest BCUT2D eigenvalue weighted by atomic mass is 35.5. The Bertz CT molecular complexity index is 858. The van der Waals surface area contributed by atoms with E-state index in [4.69, 9.17) is 27.9 Å². The van der Waals surface area contributed by atoms with E-state index in [1.165, 1.54) is 7.11 Å². The molecular formula is C16H12Cl2N2O2. The number of halogens is 2. The molecule has 0 fully saturated rings. The molecule has 1 heterocycles. The summed E-state index contributed by atoms with van der Waals surface area (Å²) in [6.07, 6.45) is 1.65. The van der Waals surface area contributed by atoms with Crippen molar-refractivity contribution in [2.24, 2.45) is 0 Å². The average molecular weight is 335 g/mol. The van der Waals surface area contributed by atoms with Gasteiger partial charge in [0.15, 0.2) is 0 Å². The highest BCUT2D eigenvalue weighted by molar-refractivity contribution is 6.32. The van der Waals surface area contributed by atoms with Crippen molar-refractivity contribution < 1.29 is 9.53 Å².